The number of nitrogens with one attached hydrogen (secondary N) is 1. The number of carboxylic acids is 1. The van der Waals surface area contributed by atoms with Crippen LogP contribution >= 0.6 is 8.46 Å². The van der Waals surface area contributed by atoms with E-state index < -0.39 is 56.5 Å². The van der Waals surface area contributed by atoms with Crippen LogP contribution in [0.4, 0.5) is 0 Å². The molecule has 0 radical (unpaired) electrons. The maximum Gasteiger partial charge on any atom is 0.329 e. The average Bonchev–Trinajstić information content (AvgIpc) is 2.41. The number of aliphatic hydroxyl groups is 1. The van der Waals surface area contributed by atoms with E-state index in [1.54, 1.807) is 0 Å². The van der Waals surface area contributed by atoms with E-state index in [4.69, 9.17) is 14.9 Å². The zero-order chi connectivity index (χ0) is 16.6. The molecule has 0 aliphatic heterocycles. The van der Waals surface area contributed by atoms with E-state index in [0.717, 1.165) is 6.92 Å². The minimum Gasteiger partial charge on any atom is -0.481 e. The molecule has 0 fully saturated rings. The van der Waals surface area contributed by atoms with Gasteiger partial charge in [-0.25, -0.2) is 4.79 Å². The maximum absolute atomic E-state index is 11.8. The van der Waals surface area contributed by atoms with E-state index in [-0.39, 0.29) is 6.42 Å². The third-order valence-electron chi connectivity index (χ3n) is 2.36. The molecule has 0 aliphatic carbocycles. The van der Waals surface area contributed by atoms with Gasteiger partial charge in [0.15, 0.2) is 6.10 Å². The van der Waals surface area contributed by atoms with Crippen LogP contribution in [0.5, 0.6) is 0 Å². The summed E-state index contributed by atoms with van der Waals surface area (Å²) in [5.74, 6) is -3.13. The van der Waals surface area contributed by atoms with Crippen LogP contribution in [-0.2, 0) is 28.5 Å². The van der Waals surface area contributed by atoms with Gasteiger partial charge in [0.05, 0.1) is 0 Å². The molecule has 3 N–H and O–H groups in total. The van der Waals surface area contributed by atoms with E-state index in [1.807, 2.05) is 0 Å². The molecular formula is C11H16NO8P. The number of amides is 1. The molecule has 0 aromatic heterocycles. The number of esters is 1. The molecule has 0 aromatic rings. The molecular weight excluding hydrogens is 305 g/mol. The minimum absolute atomic E-state index is 0.275. The van der Waals surface area contributed by atoms with Crippen molar-refractivity contribution in [3.05, 3.63) is 0 Å². The summed E-state index contributed by atoms with van der Waals surface area (Å²) in [7, 11) is -0.829. The van der Waals surface area contributed by atoms with Crippen molar-refractivity contribution in [2.24, 2.45) is 0 Å². The van der Waals surface area contributed by atoms with E-state index in [1.165, 1.54) is 6.92 Å². The van der Waals surface area contributed by atoms with Gasteiger partial charge in [0.2, 0.25) is 14.4 Å². The Kier molecular flexibility index (Phi) is 8.34. The Morgan fingerprint density at radius 3 is 2.24 bits per heavy atom. The highest BCUT2D eigenvalue weighted by Crippen LogP contribution is 2.08. The quantitative estimate of drug-likeness (QED) is 0.379. The SMILES string of the molecule is C[C@H](O)C(=O)N[C@@H](CCC(=O)O)C(=O)O[C@@H](C)C(=O)P=O. The number of rotatable bonds is 9. The molecule has 0 heterocycles. The second-order valence-electron chi connectivity index (χ2n) is 4.18. The van der Waals surface area contributed by atoms with Gasteiger partial charge in [0.25, 0.3) is 5.52 Å². The van der Waals surface area contributed by atoms with E-state index >= 15 is 0 Å². The Hall–Kier alpha value is -1.86. The Balaban J connectivity index is 4.80. The number of ether oxygens (including phenoxy) is 1. The van der Waals surface area contributed by atoms with Gasteiger partial charge >= 0.3 is 11.9 Å². The zero-order valence-corrected chi connectivity index (χ0v) is 12.3. The van der Waals surface area contributed by atoms with Crippen molar-refractivity contribution in [3.8, 4) is 0 Å². The summed E-state index contributed by atoms with van der Waals surface area (Å²) in [6.07, 6.45) is -3.40. The normalized spacial score (nSPS) is 14.8. The lowest BCUT2D eigenvalue weighted by atomic mass is 10.1. The molecule has 118 valence electrons. The first-order chi connectivity index (χ1) is 9.68. The second-order valence-corrected chi connectivity index (χ2v) is 4.80. The highest BCUT2D eigenvalue weighted by molar-refractivity contribution is 7.46. The summed E-state index contributed by atoms with van der Waals surface area (Å²) in [5, 5.41) is 19.8. The third kappa shape index (κ3) is 7.48. The number of hydrogen-bond acceptors (Lipinski definition) is 7. The van der Waals surface area contributed by atoms with Crippen LogP contribution in [0.15, 0.2) is 0 Å². The molecule has 0 spiro atoms. The van der Waals surface area contributed by atoms with Crippen molar-refractivity contribution in [1.29, 1.82) is 0 Å². The molecule has 0 unspecified atom stereocenters. The third-order valence-corrected chi connectivity index (χ3v) is 2.90. The highest BCUT2D eigenvalue weighted by Gasteiger charge is 2.28. The predicted octanol–water partition coefficient (Wildman–Crippen LogP) is -0.533. The van der Waals surface area contributed by atoms with Gasteiger partial charge in [0.1, 0.15) is 12.1 Å². The summed E-state index contributed by atoms with van der Waals surface area (Å²) in [4.78, 5) is 44.7. The van der Waals surface area contributed by atoms with E-state index in [9.17, 15) is 23.7 Å². The molecule has 1 amide bonds. The van der Waals surface area contributed by atoms with Crippen molar-refractivity contribution >= 4 is 31.8 Å². The molecule has 21 heavy (non-hydrogen) atoms. The molecule has 0 saturated carbocycles. The fraction of sp³-hybridized carbons (Fsp3) is 0.636. The fourth-order valence-corrected chi connectivity index (χ4v) is 1.39. The molecule has 10 heteroatoms. The van der Waals surface area contributed by atoms with Gasteiger partial charge in [-0.3, -0.25) is 18.9 Å². The van der Waals surface area contributed by atoms with Crippen LogP contribution in [-0.4, -0.2) is 51.8 Å². The summed E-state index contributed by atoms with van der Waals surface area (Å²) in [6.45, 7) is 2.35. The number of aliphatic hydroxyl groups excluding tert-OH is 1. The molecule has 0 aromatic carbocycles. The van der Waals surface area contributed by atoms with Gasteiger partial charge in [-0.2, -0.15) is 0 Å². The number of carbonyl (C=O) groups excluding carboxylic acids is 3. The highest BCUT2D eigenvalue weighted by atomic mass is 31.1. The van der Waals surface area contributed by atoms with Crippen LogP contribution < -0.4 is 5.32 Å². The molecule has 0 aliphatic rings. The fourth-order valence-electron chi connectivity index (χ4n) is 1.19. The summed E-state index contributed by atoms with van der Waals surface area (Å²) in [5.41, 5.74) is -0.873. The smallest absolute Gasteiger partial charge is 0.329 e. The Morgan fingerprint density at radius 2 is 1.81 bits per heavy atom. The number of carboxylic acid groups (broad SMARTS) is 1. The average molecular weight is 321 g/mol. The topological polar surface area (TPSA) is 147 Å². The van der Waals surface area contributed by atoms with Crippen LogP contribution in [0.2, 0.25) is 0 Å². The van der Waals surface area contributed by atoms with Crippen LogP contribution in [0, 0.1) is 0 Å². The lowest BCUT2D eigenvalue weighted by Crippen LogP contribution is -2.46. The number of aliphatic carboxylic acids is 1. The Labute approximate surface area is 121 Å². The van der Waals surface area contributed by atoms with Crippen LogP contribution in [0.25, 0.3) is 0 Å². The number of hydrogen-bond donors (Lipinski definition) is 3. The van der Waals surface area contributed by atoms with Gasteiger partial charge in [-0.1, -0.05) is 0 Å². The first-order valence-electron chi connectivity index (χ1n) is 5.97. The molecule has 0 bridgehead atoms. The van der Waals surface area contributed by atoms with Crippen molar-refractivity contribution in [3.63, 3.8) is 0 Å². The van der Waals surface area contributed by atoms with Gasteiger partial charge in [-0.15, -0.1) is 0 Å². The summed E-state index contributed by atoms with van der Waals surface area (Å²) >= 11 is 0. The summed E-state index contributed by atoms with van der Waals surface area (Å²) in [6, 6.07) is -1.33. The number of carbonyl (C=O) groups is 4. The van der Waals surface area contributed by atoms with E-state index in [2.05, 4.69) is 5.32 Å². The predicted molar refractivity (Wildman–Crippen MR) is 68.6 cm³/mol. The van der Waals surface area contributed by atoms with Crippen LogP contribution in [0.3, 0.4) is 0 Å². The minimum atomic E-state index is -1.40. The van der Waals surface area contributed by atoms with Gasteiger partial charge in [-0.05, 0) is 20.3 Å². The maximum atomic E-state index is 11.8. The van der Waals surface area contributed by atoms with Crippen LogP contribution in [0.1, 0.15) is 26.7 Å². The monoisotopic (exact) mass is 321 g/mol. The van der Waals surface area contributed by atoms with Crippen molar-refractivity contribution in [2.45, 2.75) is 44.9 Å². The molecule has 0 rings (SSSR count). The first kappa shape index (κ1) is 19.1. The summed E-state index contributed by atoms with van der Waals surface area (Å²) < 4.78 is 15.0. The lowest BCUT2D eigenvalue weighted by Gasteiger charge is -2.19. The van der Waals surface area contributed by atoms with E-state index in [0.29, 0.717) is 0 Å². The lowest BCUT2D eigenvalue weighted by molar-refractivity contribution is -0.156. The molecule has 3 atom stereocenters. The first-order valence-corrected chi connectivity index (χ1v) is 6.78. The van der Waals surface area contributed by atoms with Crippen molar-refractivity contribution in [1.82, 2.24) is 5.32 Å². The molecule has 9 nitrogen and oxygen atoms in total. The Bertz CT molecular complexity index is 436. The largest absolute Gasteiger partial charge is 0.481 e. The van der Waals surface area contributed by atoms with Gasteiger partial charge < -0.3 is 20.3 Å². The van der Waals surface area contributed by atoms with Crippen molar-refractivity contribution < 1.29 is 38.7 Å². The van der Waals surface area contributed by atoms with Crippen molar-refractivity contribution in [2.75, 3.05) is 0 Å². The molecule has 0 saturated heterocycles. The standard InChI is InChI=1S/C11H16NO8P/c1-5(13)9(16)12-7(3-4-8(14)15)10(17)20-6(2)11(18)21-19/h5-7,13H,3-4H2,1-2H3,(H,12,16)(H,14,15)/t5-,6-,7-/m0/s1. The van der Waals surface area contributed by atoms with Gasteiger partial charge in [0, 0.05) is 6.42 Å². The second kappa shape index (κ2) is 9.15. The Morgan fingerprint density at radius 1 is 1.24 bits per heavy atom. The zero-order valence-electron chi connectivity index (χ0n) is 11.4.